The summed E-state index contributed by atoms with van der Waals surface area (Å²) in [5.74, 6) is 1.54. The van der Waals surface area contributed by atoms with Crippen molar-refractivity contribution in [3.8, 4) is 11.3 Å². The van der Waals surface area contributed by atoms with Gasteiger partial charge in [-0.2, -0.15) is 0 Å². The molecule has 0 unspecified atom stereocenters. The third-order valence-electron chi connectivity index (χ3n) is 5.71. The Kier molecular flexibility index (Phi) is 3.93. The summed E-state index contributed by atoms with van der Waals surface area (Å²) in [5, 5.41) is 4.87. The van der Waals surface area contributed by atoms with Gasteiger partial charge in [-0.05, 0) is 59.0 Å². The monoisotopic (exact) mass is 407 g/mol. The highest BCUT2D eigenvalue weighted by Crippen LogP contribution is 2.41. The number of thiophene rings is 1. The maximum Gasteiger partial charge on any atom is 0.136 e. The van der Waals surface area contributed by atoms with Crippen LogP contribution >= 0.6 is 11.3 Å². The fourth-order valence-electron chi connectivity index (χ4n) is 4.34. The number of aromatic nitrogens is 1. The summed E-state index contributed by atoms with van der Waals surface area (Å²) in [4.78, 5) is 4.73. The second-order valence-electron chi connectivity index (χ2n) is 8.41. The second kappa shape index (κ2) is 6.68. The van der Waals surface area contributed by atoms with Gasteiger partial charge >= 0.3 is 0 Å². The van der Waals surface area contributed by atoms with Gasteiger partial charge in [0.25, 0.3) is 0 Å². The van der Waals surface area contributed by atoms with Crippen LogP contribution in [0.1, 0.15) is 19.4 Å². The topological polar surface area (TPSA) is 26.0 Å². The Bertz CT molecular complexity index is 1550. The molecular formula is C27H21NOS. The van der Waals surface area contributed by atoms with E-state index >= 15 is 0 Å². The highest BCUT2D eigenvalue weighted by molar-refractivity contribution is 7.26. The van der Waals surface area contributed by atoms with Gasteiger partial charge in [-0.15, -0.1) is 11.3 Å². The lowest BCUT2D eigenvalue weighted by molar-refractivity contribution is 0.626. The number of furan rings is 1. The zero-order valence-electron chi connectivity index (χ0n) is 17.0. The molecule has 0 amide bonds. The van der Waals surface area contributed by atoms with Crippen LogP contribution in [0.2, 0.25) is 0 Å². The first-order valence-corrected chi connectivity index (χ1v) is 11.2. The van der Waals surface area contributed by atoms with E-state index in [1.54, 1.807) is 11.3 Å². The molecule has 0 spiro atoms. The van der Waals surface area contributed by atoms with Crippen LogP contribution in [-0.4, -0.2) is 4.98 Å². The number of hydrogen-bond acceptors (Lipinski definition) is 3. The lowest BCUT2D eigenvalue weighted by Gasteiger charge is -2.03. The van der Waals surface area contributed by atoms with Crippen molar-refractivity contribution in [1.29, 1.82) is 0 Å². The molecule has 0 aliphatic rings. The minimum atomic E-state index is 0.630. The molecule has 0 radical (unpaired) electrons. The molecule has 3 aromatic heterocycles. The predicted octanol–water partition coefficient (Wildman–Crippen LogP) is 8.21. The zero-order chi connectivity index (χ0) is 20.2. The first-order valence-electron chi connectivity index (χ1n) is 10.4. The number of nitrogens with zero attached hydrogens (tertiary/aromatic N) is 1. The van der Waals surface area contributed by atoms with Crippen LogP contribution in [0.3, 0.4) is 0 Å². The van der Waals surface area contributed by atoms with Crippen molar-refractivity contribution in [2.45, 2.75) is 20.3 Å². The second-order valence-corrected chi connectivity index (χ2v) is 9.47. The molecule has 3 heterocycles. The Hall–Kier alpha value is -3.17. The Balaban J connectivity index is 1.55. The van der Waals surface area contributed by atoms with Gasteiger partial charge in [0.05, 0.1) is 10.2 Å². The summed E-state index contributed by atoms with van der Waals surface area (Å²) in [7, 11) is 0. The molecule has 0 fully saturated rings. The summed E-state index contributed by atoms with van der Waals surface area (Å²) in [6.45, 7) is 4.49. The summed E-state index contributed by atoms with van der Waals surface area (Å²) in [6.07, 6.45) is 2.96. The van der Waals surface area contributed by atoms with Gasteiger partial charge in [0.2, 0.25) is 0 Å². The molecule has 3 aromatic carbocycles. The number of hydrogen-bond donors (Lipinski definition) is 0. The lowest BCUT2D eigenvalue weighted by atomic mass is 10.0. The van der Waals surface area contributed by atoms with Gasteiger partial charge < -0.3 is 4.42 Å². The molecule has 0 saturated heterocycles. The number of benzene rings is 3. The van der Waals surface area contributed by atoms with Crippen LogP contribution in [-0.2, 0) is 6.42 Å². The minimum absolute atomic E-state index is 0.630. The van der Waals surface area contributed by atoms with Crippen molar-refractivity contribution in [2.75, 3.05) is 0 Å². The van der Waals surface area contributed by atoms with E-state index in [1.807, 2.05) is 6.20 Å². The summed E-state index contributed by atoms with van der Waals surface area (Å²) in [5.41, 5.74) is 4.46. The Morgan fingerprint density at radius 2 is 1.73 bits per heavy atom. The van der Waals surface area contributed by atoms with E-state index in [9.17, 15) is 0 Å². The molecule has 0 saturated carbocycles. The maximum atomic E-state index is 6.34. The fourth-order valence-corrected chi connectivity index (χ4v) is 5.55. The van der Waals surface area contributed by atoms with Crippen LogP contribution in [0.5, 0.6) is 0 Å². The first kappa shape index (κ1) is 17.7. The summed E-state index contributed by atoms with van der Waals surface area (Å²) < 4.78 is 8.78. The number of fused-ring (bicyclic) bond motifs is 5. The highest BCUT2D eigenvalue weighted by atomic mass is 32.1. The SMILES string of the molecule is CC(C)Cc1ccc2cc(-c3ccnc4c3sc3cc5ccccc5cc34)oc2c1. The van der Waals surface area contributed by atoms with Crippen LogP contribution in [0.4, 0.5) is 0 Å². The molecule has 6 aromatic rings. The van der Waals surface area contributed by atoms with Gasteiger partial charge in [-0.1, -0.05) is 50.2 Å². The van der Waals surface area contributed by atoms with Crippen molar-refractivity contribution in [2.24, 2.45) is 5.92 Å². The van der Waals surface area contributed by atoms with Crippen LogP contribution < -0.4 is 0 Å². The fraction of sp³-hybridized carbons (Fsp3) is 0.148. The van der Waals surface area contributed by atoms with E-state index in [4.69, 9.17) is 9.40 Å². The van der Waals surface area contributed by atoms with E-state index in [2.05, 4.69) is 80.6 Å². The van der Waals surface area contributed by atoms with Crippen molar-refractivity contribution < 1.29 is 4.42 Å². The number of rotatable bonds is 3. The van der Waals surface area contributed by atoms with E-state index < -0.39 is 0 Å². The van der Waals surface area contributed by atoms with Crippen LogP contribution in [0.15, 0.2) is 77.3 Å². The highest BCUT2D eigenvalue weighted by Gasteiger charge is 2.15. The van der Waals surface area contributed by atoms with E-state index in [1.165, 1.54) is 31.1 Å². The molecule has 2 nitrogen and oxygen atoms in total. The van der Waals surface area contributed by atoms with E-state index in [-0.39, 0.29) is 0 Å². The lowest BCUT2D eigenvalue weighted by Crippen LogP contribution is -1.92. The van der Waals surface area contributed by atoms with Crippen molar-refractivity contribution in [1.82, 2.24) is 4.98 Å². The molecule has 30 heavy (non-hydrogen) atoms. The Labute approximate surface area is 178 Å². The van der Waals surface area contributed by atoms with Gasteiger partial charge in [0, 0.05) is 27.2 Å². The maximum absolute atomic E-state index is 6.34. The molecule has 0 bridgehead atoms. The standard InChI is InChI=1S/C27H21NOS/c1-16(2)11-17-7-8-20-14-24(29-23(20)12-17)21-9-10-28-26-22-13-18-5-3-4-6-19(18)15-25(22)30-27(21)26/h3-10,12-16H,11H2,1-2H3. The molecule has 3 heteroatoms. The van der Waals surface area contributed by atoms with Crippen LogP contribution in [0, 0.1) is 5.92 Å². The largest absolute Gasteiger partial charge is 0.456 e. The van der Waals surface area contributed by atoms with Gasteiger partial charge in [0.1, 0.15) is 11.3 Å². The number of pyridine rings is 1. The van der Waals surface area contributed by atoms with Crippen molar-refractivity contribution >= 4 is 53.4 Å². The zero-order valence-corrected chi connectivity index (χ0v) is 17.8. The average molecular weight is 408 g/mol. The van der Waals surface area contributed by atoms with Crippen molar-refractivity contribution in [3.63, 3.8) is 0 Å². The Morgan fingerprint density at radius 1 is 0.900 bits per heavy atom. The molecule has 0 atom stereocenters. The summed E-state index contributed by atoms with van der Waals surface area (Å²) in [6, 6.07) is 23.9. The van der Waals surface area contributed by atoms with Crippen LogP contribution in [0.25, 0.3) is 53.4 Å². The minimum Gasteiger partial charge on any atom is -0.456 e. The molecular weight excluding hydrogens is 386 g/mol. The van der Waals surface area contributed by atoms with Gasteiger partial charge in [0.15, 0.2) is 0 Å². The third-order valence-corrected chi connectivity index (χ3v) is 6.89. The van der Waals surface area contributed by atoms with E-state index in [0.29, 0.717) is 5.92 Å². The quantitative estimate of drug-likeness (QED) is 0.295. The molecule has 146 valence electrons. The average Bonchev–Trinajstić information content (AvgIpc) is 3.32. The Morgan fingerprint density at radius 3 is 2.57 bits per heavy atom. The third kappa shape index (κ3) is 2.81. The normalized spacial score (nSPS) is 12.1. The summed E-state index contributed by atoms with van der Waals surface area (Å²) >= 11 is 1.80. The molecule has 0 aliphatic heterocycles. The first-order chi connectivity index (χ1) is 14.7. The molecule has 0 aliphatic carbocycles. The van der Waals surface area contributed by atoms with Gasteiger partial charge in [-0.3, -0.25) is 4.98 Å². The van der Waals surface area contributed by atoms with Gasteiger partial charge in [-0.25, -0.2) is 0 Å². The molecule has 0 N–H and O–H groups in total. The van der Waals surface area contributed by atoms with E-state index in [0.717, 1.165) is 34.2 Å². The predicted molar refractivity (Wildman–Crippen MR) is 128 cm³/mol. The smallest absolute Gasteiger partial charge is 0.136 e. The van der Waals surface area contributed by atoms with Crippen molar-refractivity contribution in [3.05, 3.63) is 78.5 Å². The molecule has 6 rings (SSSR count).